The van der Waals surface area contributed by atoms with E-state index in [0.29, 0.717) is 5.92 Å². The molecule has 3 aromatic rings. The van der Waals surface area contributed by atoms with Gasteiger partial charge in [0.15, 0.2) is 0 Å². The number of hydrogen-bond donors (Lipinski definition) is 2. The van der Waals surface area contributed by atoms with Crippen molar-refractivity contribution in [1.29, 1.82) is 0 Å². The molecule has 3 aliphatic carbocycles. The first-order valence-corrected chi connectivity index (χ1v) is 15.7. The highest BCUT2D eigenvalue weighted by atomic mass is 35.5. The van der Waals surface area contributed by atoms with E-state index in [1.54, 1.807) is 0 Å². The van der Waals surface area contributed by atoms with Crippen LogP contribution in [0.25, 0.3) is 16.7 Å². The zero-order chi connectivity index (χ0) is 29.0. The lowest BCUT2D eigenvalue weighted by Crippen LogP contribution is -2.45. The second-order valence-electron chi connectivity index (χ2n) is 11.6. The molecule has 1 aliphatic heterocycles. The molecule has 0 aromatic heterocycles. The molecule has 43 heavy (non-hydrogen) atoms. The third-order valence-corrected chi connectivity index (χ3v) is 8.94. The van der Waals surface area contributed by atoms with Crippen LogP contribution in [0.5, 0.6) is 0 Å². The third-order valence-electron chi connectivity index (χ3n) is 8.70. The summed E-state index contributed by atoms with van der Waals surface area (Å²) in [5, 5.41) is 8.23. The van der Waals surface area contributed by atoms with Gasteiger partial charge in [-0.25, -0.2) is 4.99 Å². The van der Waals surface area contributed by atoms with Crippen molar-refractivity contribution >= 4 is 23.0 Å². The van der Waals surface area contributed by atoms with E-state index in [0.717, 1.165) is 70.8 Å². The van der Waals surface area contributed by atoms with Gasteiger partial charge in [0.25, 0.3) is 0 Å². The van der Waals surface area contributed by atoms with E-state index in [2.05, 4.69) is 120 Å². The van der Waals surface area contributed by atoms with Gasteiger partial charge in [0, 0.05) is 16.5 Å². The fourth-order valence-electron chi connectivity index (χ4n) is 6.26. The van der Waals surface area contributed by atoms with Crippen molar-refractivity contribution in [2.45, 2.75) is 44.4 Å². The van der Waals surface area contributed by atoms with Crippen molar-refractivity contribution in [3.8, 4) is 11.1 Å². The number of aliphatic imine (C=N–C) groups is 1. The number of nitrogens with zero attached hydrogens (tertiary/aromatic N) is 1. The van der Waals surface area contributed by atoms with Gasteiger partial charge >= 0.3 is 0 Å². The topological polar surface area (TPSA) is 36.4 Å². The number of allylic oxidation sites excluding steroid dienone is 10. The molecule has 4 heteroatoms. The van der Waals surface area contributed by atoms with Gasteiger partial charge in [0.1, 0.15) is 18.2 Å². The monoisotopic (exact) mass is 581 g/mol. The average Bonchev–Trinajstić information content (AvgIpc) is 3.09. The lowest BCUT2D eigenvalue weighted by atomic mass is 9.87. The van der Waals surface area contributed by atoms with Crippen LogP contribution in [0.15, 0.2) is 144 Å². The molecule has 0 fully saturated rings. The van der Waals surface area contributed by atoms with Crippen LogP contribution >= 0.6 is 11.6 Å². The van der Waals surface area contributed by atoms with Crippen molar-refractivity contribution in [2.24, 2.45) is 10.9 Å². The van der Waals surface area contributed by atoms with Crippen LogP contribution in [0.1, 0.15) is 61.1 Å². The molecule has 0 bridgehead atoms. The fraction of sp³-hybridized carbons (Fsp3) is 0.205. The summed E-state index contributed by atoms with van der Waals surface area (Å²) in [6.45, 7) is 0. The van der Waals surface area contributed by atoms with Crippen molar-refractivity contribution in [1.82, 2.24) is 10.6 Å². The molecule has 0 radical (unpaired) electrons. The lowest BCUT2D eigenvalue weighted by molar-refractivity contribution is 0.409. The highest BCUT2D eigenvalue weighted by Gasteiger charge is 2.27. The summed E-state index contributed by atoms with van der Waals surface area (Å²) in [6.07, 6.45) is 25.7. The third kappa shape index (κ3) is 6.29. The van der Waals surface area contributed by atoms with Crippen LogP contribution in [-0.2, 0) is 0 Å². The van der Waals surface area contributed by atoms with Crippen LogP contribution in [0.2, 0.25) is 5.02 Å². The smallest absolute Gasteiger partial charge is 0.131 e. The van der Waals surface area contributed by atoms with Crippen LogP contribution in [0.4, 0.5) is 0 Å². The summed E-state index contributed by atoms with van der Waals surface area (Å²) in [4.78, 5) is 5.21. The first kappa shape index (κ1) is 27.6. The molecule has 3 unspecified atom stereocenters. The zero-order valence-corrected chi connectivity index (χ0v) is 25.0. The molecule has 4 aliphatic rings. The Morgan fingerprint density at radius 3 is 2.33 bits per heavy atom. The zero-order valence-electron chi connectivity index (χ0n) is 24.2. The molecule has 3 aromatic carbocycles. The Kier molecular flexibility index (Phi) is 8.09. The molecule has 0 amide bonds. The van der Waals surface area contributed by atoms with Crippen LogP contribution in [0.3, 0.4) is 0 Å². The van der Waals surface area contributed by atoms with Gasteiger partial charge in [-0.1, -0.05) is 127 Å². The number of halogens is 1. The maximum Gasteiger partial charge on any atom is 0.131 e. The van der Waals surface area contributed by atoms with E-state index in [-0.39, 0.29) is 12.3 Å². The Hall–Kier alpha value is -4.18. The molecule has 0 saturated carbocycles. The molecule has 3 atom stereocenters. The Labute approximate surface area is 259 Å². The van der Waals surface area contributed by atoms with Crippen LogP contribution in [0, 0.1) is 5.92 Å². The van der Waals surface area contributed by atoms with E-state index < -0.39 is 0 Å². The highest BCUT2D eigenvalue weighted by Crippen LogP contribution is 2.32. The minimum atomic E-state index is -0.167. The second kappa shape index (κ2) is 12.6. The number of amidine groups is 1. The molecule has 0 saturated heterocycles. The van der Waals surface area contributed by atoms with Gasteiger partial charge < -0.3 is 5.32 Å². The second-order valence-corrected chi connectivity index (χ2v) is 12.0. The van der Waals surface area contributed by atoms with E-state index in [9.17, 15) is 0 Å². The molecule has 214 valence electrons. The van der Waals surface area contributed by atoms with Gasteiger partial charge in [0.05, 0.1) is 0 Å². The van der Waals surface area contributed by atoms with Gasteiger partial charge in [0.2, 0.25) is 0 Å². The summed E-state index contributed by atoms with van der Waals surface area (Å²) in [5.41, 5.74) is 9.84. The molecule has 7 rings (SSSR count). The summed E-state index contributed by atoms with van der Waals surface area (Å²) >= 11 is 6.26. The summed E-state index contributed by atoms with van der Waals surface area (Å²) in [6, 6.07) is 25.6. The van der Waals surface area contributed by atoms with Crippen LogP contribution in [-0.4, -0.2) is 5.84 Å². The number of benzene rings is 3. The van der Waals surface area contributed by atoms with Crippen LogP contribution < -0.4 is 10.6 Å². The maximum absolute atomic E-state index is 6.26. The quantitative estimate of drug-likeness (QED) is 0.304. The first-order chi connectivity index (χ1) is 21.2. The maximum atomic E-state index is 6.26. The van der Waals surface area contributed by atoms with E-state index in [4.69, 9.17) is 16.6 Å². The minimum Gasteiger partial charge on any atom is -0.350 e. The van der Waals surface area contributed by atoms with E-state index >= 15 is 0 Å². The summed E-state index contributed by atoms with van der Waals surface area (Å²) in [5.74, 6) is 1.37. The normalized spacial score (nSPS) is 23.1. The Morgan fingerprint density at radius 1 is 0.767 bits per heavy atom. The van der Waals surface area contributed by atoms with Gasteiger partial charge in [-0.2, -0.15) is 0 Å². The standard InChI is InChI=1S/C39H36ClN3/c40-36-13-7-12-35(26-36)31-18-24-34(25-19-31)39-42-37(32-20-14-29(15-21-32)27-8-3-1-4-9-27)41-38(43-39)33-22-16-30(17-23-33)28-10-5-2-6-11-28/h1,3,5,7-8,10-16,18-26,30,37,39,42H,2,4,6,9,17H2,(H,41,43). The molecule has 2 N–H and O–H groups in total. The van der Waals surface area contributed by atoms with Crippen molar-refractivity contribution in [2.75, 3.05) is 0 Å². The molecular formula is C39H36ClN3. The summed E-state index contributed by atoms with van der Waals surface area (Å²) < 4.78 is 0. The predicted octanol–water partition coefficient (Wildman–Crippen LogP) is 9.81. The number of rotatable bonds is 6. The number of hydrogen-bond acceptors (Lipinski definition) is 3. The Balaban J connectivity index is 1.16. The molecule has 0 spiro atoms. The van der Waals surface area contributed by atoms with E-state index in [1.165, 1.54) is 16.7 Å². The minimum absolute atomic E-state index is 0.0900. The fourth-order valence-corrected chi connectivity index (χ4v) is 6.45. The van der Waals surface area contributed by atoms with Crippen molar-refractivity contribution in [3.63, 3.8) is 0 Å². The lowest BCUT2D eigenvalue weighted by Gasteiger charge is -2.33. The molecule has 3 nitrogen and oxygen atoms in total. The Bertz CT molecular complexity index is 1700. The molecular weight excluding hydrogens is 546 g/mol. The predicted molar refractivity (Wildman–Crippen MR) is 181 cm³/mol. The van der Waals surface area contributed by atoms with Gasteiger partial charge in [-0.3, -0.25) is 5.32 Å². The largest absolute Gasteiger partial charge is 0.350 e. The van der Waals surface area contributed by atoms with Gasteiger partial charge in [-0.15, -0.1) is 0 Å². The number of nitrogens with one attached hydrogen (secondary N) is 2. The van der Waals surface area contributed by atoms with Gasteiger partial charge in [-0.05, 0) is 83.2 Å². The average molecular weight is 582 g/mol. The molecule has 1 heterocycles. The SMILES string of the molecule is Clc1cccc(-c2ccc(C3NC(C4=CCC(C5=CCCC=C5)C=C4)=NC(c4ccc(C5=CC=CCC5)cc4)N3)cc2)c1. The van der Waals surface area contributed by atoms with Crippen molar-refractivity contribution in [3.05, 3.63) is 160 Å². The van der Waals surface area contributed by atoms with E-state index in [1.807, 2.05) is 18.2 Å². The Morgan fingerprint density at radius 2 is 1.60 bits per heavy atom. The highest BCUT2D eigenvalue weighted by molar-refractivity contribution is 6.30. The first-order valence-electron chi connectivity index (χ1n) is 15.4. The summed E-state index contributed by atoms with van der Waals surface area (Å²) in [7, 11) is 0. The van der Waals surface area contributed by atoms with Crippen molar-refractivity contribution < 1.29 is 0 Å².